The third-order valence-corrected chi connectivity index (χ3v) is 7.96. The molecule has 0 atom stereocenters. The Kier molecular flexibility index (Phi) is 7.63. The first-order chi connectivity index (χ1) is 18.5. The SMILES string of the molecule is O=C(O)c1ccc(Sc2ccc(-c3ccccc3-c3ccc(Sc4ccc(C(=O)O)cc4)cc3)cc2)cc1. The Bertz CT molecular complexity index is 1450. The number of hydrogen-bond acceptors (Lipinski definition) is 4. The van der Waals surface area contributed by atoms with E-state index in [1.165, 1.54) is 0 Å². The Labute approximate surface area is 229 Å². The molecule has 0 bridgehead atoms. The van der Waals surface area contributed by atoms with Crippen molar-refractivity contribution in [2.45, 2.75) is 19.6 Å². The summed E-state index contributed by atoms with van der Waals surface area (Å²) in [5.74, 6) is -1.85. The molecule has 38 heavy (non-hydrogen) atoms. The predicted molar refractivity (Wildman–Crippen MR) is 152 cm³/mol. The highest BCUT2D eigenvalue weighted by Crippen LogP contribution is 2.36. The Morgan fingerprint density at radius 1 is 0.421 bits per heavy atom. The summed E-state index contributed by atoms with van der Waals surface area (Å²) in [7, 11) is 0. The first-order valence-electron chi connectivity index (χ1n) is 11.8. The zero-order chi connectivity index (χ0) is 26.5. The number of carboxylic acid groups (broad SMARTS) is 2. The van der Waals surface area contributed by atoms with Crippen LogP contribution in [0.4, 0.5) is 0 Å². The van der Waals surface area contributed by atoms with Crippen molar-refractivity contribution >= 4 is 35.5 Å². The van der Waals surface area contributed by atoms with Crippen LogP contribution in [0, 0.1) is 0 Å². The van der Waals surface area contributed by atoms with Gasteiger partial charge in [-0.05, 0) is 95.1 Å². The number of carboxylic acids is 2. The average Bonchev–Trinajstić information content (AvgIpc) is 2.94. The van der Waals surface area contributed by atoms with Gasteiger partial charge in [0.1, 0.15) is 0 Å². The van der Waals surface area contributed by atoms with Gasteiger partial charge in [0.25, 0.3) is 0 Å². The van der Waals surface area contributed by atoms with Crippen LogP contribution in [0.5, 0.6) is 0 Å². The van der Waals surface area contributed by atoms with Crippen LogP contribution in [0.25, 0.3) is 22.3 Å². The van der Waals surface area contributed by atoms with Gasteiger partial charge in [0, 0.05) is 19.6 Å². The highest BCUT2D eigenvalue weighted by molar-refractivity contribution is 7.99. The Morgan fingerprint density at radius 3 is 1.00 bits per heavy atom. The van der Waals surface area contributed by atoms with Gasteiger partial charge in [0.15, 0.2) is 0 Å². The second-order valence-electron chi connectivity index (χ2n) is 8.46. The summed E-state index contributed by atoms with van der Waals surface area (Å²) in [6.45, 7) is 0. The van der Waals surface area contributed by atoms with Crippen molar-refractivity contribution in [3.8, 4) is 22.3 Å². The van der Waals surface area contributed by atoms with Crippen molar-refractivity contribution < 1.29 is 19.8 Å². The standard InChI is InChI=1S/C32H22O4S2/c33-31(34)23-9-17-27(18-10-23)37-25-13-5-21(6-14-25)29-3-1-2-4-30(29)22-7-15-26(16-8-22)38-28-19-11-24(12-20-28)32(35)36/h1-20H,(H,33,34)(H,35,36). The fourth-order valence-corrected chi connectivity index (χ4v) is 5.63. The first-order valence-corrected chi connectivity index (χ1v) is 13.4. The molecule has 0 saturated heterocycles. The second-order valence-corrected chi connectivity index (χ2v) is 10.8. The number of hydrogen-bond donors (Lipinski definition) is 2. The van der Waals surface area contributed by atoms with E-state index in [1.807, 2.05) is 36.4 Å². The van der Waals surface area contributed by atoms with E-state index >= 15 is 0 Å². The lowest BCUT2D eigenvalue weighted by Gasteiger charge is -2.12. The lowest BCUT2D eigenvalue weighted by Crippen LogP contribution is -1.94. The summed E-state index contributed by atoms with van der Waals surface area (Å²) >= 11 is 3.19. The summed E-state index contributed by atoms with van der Waals surface area (Å²) < 4.78 is 0. The number of aromatic carboxylic acids is 2. The average molecular weight is 535 g/mol. The quantitative estimate of drug-likeness (QED) is 0.207. The van der Waals surface area contributed by atoms with E-state index < -0.39 is 11.9 Å². The van der Waals surface area contributed by atoms with E-state index in [-0.39, 0.29) is 11.1 Å². The number of rotatable bonds is 8. The molecule has 6 heteroatoms. The van der Waals surface area contributed by atoms with Crippen molar-refractivity contribution in [2.24, 2.45) is 0 Å². The zero-order valence-electron chi connectivity index (χ0n) is 20.1. The fraction of sp³-hybridized carbons (Fsp3) is 0. The summed E-state index contributed by atoms with van der Waals surface area (Å²) in [5, 5.41) is 18.2. The maximum atomic E-state index is 11.1. The smallest absolute Gasteiger partial charge is 0.335 e. The summed E-state index contributed by atoms with van der Waals surface area (Å²) in [6.07, 6.45) is 0. The maximum absolute atomic E-state index is 11.1. The van der Waals surface area contributed by atoms with Crippen LogP contribution < -0.4 is 0 Å². The molecule has 0 fully saturated rings. The predicted octanol–water partition coefficient (Wildman–Crippen LogP) is 8.72. The van der Waals surface area contributed by atoms with Crippen molar-refractivity contribution in [3.05, 3.63) is 132 Å². The van der Waals surface area contributed by atoms with Crippen molar-refractivity contribution in [1.29, 1.82) is 0 Å². The molecule has 0 radical (unpaired) electrons. The largest absolute Gasteiger partial charge is 0.478 e. The molecule has 0 saturated carbocycles. The molecular weight excluding hydrogens is 512 g/mol. The fourth-order valence-electron chi connectivity index (χ4n) is 3.99. The minimum Gasteiger partial charge on any atom is -0.478 e. The topological polar surface area (TPSA) is 74.6 Å². The molecule has 5 rings (SSSR count). The van der Waals surface area contributed by atoms with Gasteiger partial charge in [-0.25, -0.2) is 9.59 Å². The molecule has 186 valence electrons. The Morgan fingerprint density at radius 2 is 0.711 bits per heavy atom. The van der Waals surface area contributed by atoms with Gasteiger partial charge in [-0.3, -0.25) is 0 Å². The molecular formula is C32H22O4S2. The minimum absolute atomic E-state index is 0.280. The molecule has 0 amide bonds. The van der Waals surface area contributed by atoms with Crippen LogP contribution in [0.1, 0.15) is 20.7 Å². The molecule has 0 spiro atoms. The molecule has 0 aliphatic heterocycles. The highest BCUT2D eigenvalue weighted by Gasteiger charge is 2.09. The normalized spacial score (nSPS) is 10.7. The zero-order valence-corrected chi connectivity index (χ0v) is 21.7. The van der Waals surface area contributed by atoms with Crippen LogP contribution in [0.3, 0.4) is 0 Å². The molecule has 0 heterocycles. The Hall–Kier alpha value is -4.26. The van der Waals surface area contributed by atoms with Crippen LogP contribution in [-0.4, -0.2) is 22.2 Å². The Balaban J connectivity index is 1.32. The highest BCUT2D eigenvalue weighted by atomic mass is 32.2. The third-order valence-electron chi connectivity index (χ3n) is 5.93. The van der Waals surface area contributed by atoms with E-state index in [1.54, 1.807) is 47.8 Å². The molecule has 0 aliphatic carbocycles. The summed E-state index contributed by atoms with van der Waals surface area (Å²) in [5.41, 5.74) is 5.06. The lowest BCUT2D eigenvalue weighted by atomic mass is 9.95. The summed E-state index contributed by atoms with van der Waals surface area (Å²) in [4.78, 5) is 26.3. The van der Waals surface area contributed by atoms with Crippen molar-refractivity contribution in [3.63, 3.8) is 0 Å². The van der Waals surface area contributed by atoms with E-state index in [2.05, 4.69) is 60.7 Å². The van der Waals surface area contributed by atoms with Gasteiger partial charge in [0.2, 0.25) is 0 Å². The second kappa shape index (κ2) is 11.4. The summed E-state index contributed by atoms with van der Waals surface area (Å²) in [6, 6.07) is 38.8. The number of carbonyl (C=O) groups is 2. The van der Waals surface area contributed by atoms with E-state index in [9.17, 15) is 9.59 Å². The van der Waals surface area contributed by atoms with Crippen molar-refractivity contribution in [2.75, 3.05) is 0 Å². The van der Waals surface area contributed by atoms with Crippen LogP contribution in [-0.2, 0) is 0 Å². The monoisotopic (exact) mass is 534 g/mol. The number of benzene rings is 5. The van der Waals surface area contributed by atoms with Crippen molar-refractivity contribution in [1.82, 2.24) is 0 Å². The van der Waals surface area contributed by atoms with E-state index in [4.69, 9.17) is 10.2 Å². The molecule has 0 unspecified atom stereocenters. The van der Waals surface area contributed by atoms with Gasteiger partial charge < -0.3 is 10.2 Å². The lowest BCUT2D eigenvalue weighted by molar-refractivity contribution is 0.0686. The van der Waals surface area contributed by atoms with Crippen LogP contribution in [0.15, 0.2) is 141 Å². The molecule has 0 aromatic heterocycles. The van der Waals surface area contributed by atoms with Gasteiger partial charge in [-0.1, -0.05) is 72.1 Å². The molecule has 5 aromatic rings. The third kappa shape index (κ3) is 5.99. The minimum atomic E-state index is -0.926. The van der Waals surface area contributed by atoms with Crippen LogP contribution >= 0.6 is 23.5 Å². The van der Waals surface area contributed by atoms with Crippen LogP contribution in [0.2, 0.25) is 0 Å². The van der Waals surface area contributed by atoms with Gasteiger partial charge in [0.05, 0.1) is 11.1 Å². The molecule has 0 aliphatic rings. The van der Waals surface area contributed by atoms with E-state index in [0.717, 1.165) is 41.8 Å². The van der Waals surface area contributed by atoms with Gasteiger partial charge in [-0.15, -0.1) is 0 Å². The first kappa shape index (κ1) is 25.4. The van der Waals surface area contributed by atoms with E-state index in [0.29, 0.717) is 0 Å². The molecule has 4 nitrogen and oxygen atoms in total. The maximum Gasteiger partial charge on any atom is 0.335 e. The molecule has 5 aromatic carbocycles. The van der Waals surface area contributed by atoms with Gasteiger partial charge >= 0.3 is 11.9 Å². The molecule has 2 N–H and O–H groups in total. The van der Waals surface area contributed by atoms with Gasteiger partial charge in [-0.2, -0.15) is 0 Å².